The lowest BCUT2D eigenvalue weighted by molar-refractivity contribution is 0.189. The van der Waals surface area contributed by atoms with Gasteiger partial charge in [-0.15, -0.1) is 0 Å². The van der Waals surface area contributed by atoms with E-state index in [1.807, 2.05) is 0 Å². The van der Waals surface area contributed by atoms with E-state index >= 15 is 70.2 Å². The smallest absolute Gasteiger partial charge is 0.200 e. The van der Waals surface area contributed by atoms with E-state index in [2.05, 4.69) is 19.9 Å². The number of hydrogen-bond donors (Lipinski definition) is 2. The summed E-state index contributed by atoms with van der Waals surface area (Å²) in [5.74, 6) is -55.7. The predicted octanol–water partition coefficient (Wildman–Crippen LogP) is 13.7. The van der Waals surface area contributed by atoms with E-state index in [9.17, 15) is 17.6 Å². The molecule has 0 amide bonds. The summed E-state index contributed by atoms with van der Waals surface area (Å²) in [6.45, 7) is -1.36. The first kappa shape index (κ1) is 47.0. The average molecular weight is 1020 g/mol. The minimum Gasteiger partial charge on any atom is -0.380 e. The molecule has 4 aliphatic heterocycles. The summed E-state index contributed by atoms with van der Waals surface area (Å²) < 4.78 is 312. The molecule has 2 N–H and O–H groups in total. The minimum atomic E-state index is -2.71. The van der Waals surface area contributed by atoms with Gasteiger partial charge in [-0.1, -0.05) is 0 Å². The van der Waals surface area contributed by atoms with Crippen LogP contribution in [0.4, 0.5) is 87.8 Å². The van der Waals surface area contributed by atoms with Crippen LogP contribution in [-0.2, 0) is 4.74 Å². The van der Waals surface area contributed by atoms with Crippen molar-refractivity contribution in [3.05, 3.63) is 163 Å². The van der Waals surface area contributed by atoms with Gasteiger partial charge in [0.2, 0.25) is 23.3 Å². The van der Waals surface area contributed by atoms with E-state index in [0.29, 0.717) is 36.4 Å². The molecular weight excluding hydrogens is 1000 g/mol. The molecular formula is C46H14F20N4O. The molecule has 5 nitrogen and oxygen atoms in total. The van der Waals surface area contributed by atoms with E-state index < -0.39 is 231 Å². The Morgan fingerprint density at radius 2 is 0.521 bits per heavy atom. The van der Waals surface area contributed by atoms with Gasteiger partial charge in [0.25, 0.3) is 0 Å². The summed E-state index contributed by atoms with van der Waals surface area (Å²) in [7, 11) is 0. The van der Waals surface area contributed by atoms with Gasteiger partial charge in [0.05, 0.1) is 58.2 Å². The average Bonchev–Trinajstić information content (AvgIpc) is 4.23. The van der Waals surface area contributed by atoms with Crippen LogP contribution in [-0.4, -0.2) is 33.1 Å². The van der Waals surface area contributed by atoms with E-state index in [1.54, 1.807) is 0 Å². The molecule has 1 saturated heterocycles. The van der Waals surface area contributed by atoms with Crippen LogP contribution in [0.1, 0.15) is 46.0 Å². The number of rotatable bonds is 4. The van der Waals surface area contributed by atoms with Crippen LogP contribution >= 0.6 is 0 Å². The van der Waals surface area contributed by atoms with Crippen molar-refractivity contribution in [2.45, 2.75) is 11.8 Å². The maximum absolute atomic E-state index is 16.1. The van der Waals surface area contributed by atoms with Gasteiger partial charge in [-0.25, -0.2) is 97.8 Å². The topological polar surface area (TPSA) is 66.6 Å². The largest absolute Gasteiger partial charge is 0.380 e. The second kappa shape index (κ2) is 16.4. The second-order valence-corrected chi connectivity index (χ2v) is 15.7. The van der Waals surface area contributed by atoms with E-state index in [1.165, 1.54) is 0 Å². The molecule has 4 aromatic carbocycles. The van der Waals surface area contributed by atoms with Gasteiger partial charge in [-0.3, -0.25) is 0 Å². The first-order valence-electron chi connectivity index (χ1n) is 19.7. The standard InChI is InChI=1S/C46H14F20N4O/c47-25-21(26(48)34(56)41(63)33(25)55)17-11-1-2-12(67-11)18(22-27(49)35(57)42(64)36(58)28(22)50)14-4-6-16(69-14)20(24-31(53)39(61)44(66)40(62)32(24)54)46-10-8-71-7-9(10)45(70-46)19(15-5-3-13(17)68-15)23-29(51)37(59)43(65)38(60)30(23)52/h1-6,9-10,67,70H,7-8H2. The van der Waals surface area contributed by atoms with E-state index in [0.717, 1.165) is 0 Å². The molecule has 6 aromatic rings. The van der Waals surface area contributed by atoms with Crippen LogP contribution in [0.25, 0.3) is 79.8 Å². The maximum atomic E-state index is 16.1. The maximum Gasteiger partial charge on any atom is 0.200 e. The van der Waals surface area contributed by atoms with Crippen molar-refractivity contribution in [1.82, 2.24) is 19.9 Å². The fourth-order valence-corrected chi connectivity index (χ4v) is 8.82. The zero-order valence-corrected chi connectivity index (χ0v) is 33.9. The summed E-state index contributed by atoms with van der Waals surface area (Å²) in [5, 5.41) is 0. The fourth-order valence-electron chi connectivity index (χ4n) is 8.82. The summed E-state index contributed by atoms with van der Waals surface area (Å²) in [6, 6.07) is 1.28. The third kappa shape index (κ3) is 6.60. The van der Waals surface area contributed by atoms with Crippen LogP contribution in [0, 0.1) is 116 Å². The molecule has 0 radical (unpaired) electrons. The Balaban J connectivity index is 1.52. The number of benzene rings is 4. The quantitative estimate of drug-likeness (QED) is 0.105. The molecule has 2 unspecified atom stereocenters. The summed E-state index contributed by atoms with van der Waals surface area (Å²) in [5.41, 5.74) is -19.9. The molecule has 0 aliphatic carbocycles. The van der Waals surface area contributed by atoms with E-state index in [4.69, 9.17) is 4.74 Å². The molecule has 364 valence electrons. The Hall–Kier alpha value is -7.70. The lowest BCUT2D eigenvalue weighted by atomic mass is 9.86. The highest BCUT2D eigenvalue weighted by Crippen LogP contribution is 2.52. The van der Waals surface area contributed by atoms with Crippen molar-refractivity contribution < 1.29 is 92.5 Å². The molecule has 2 atom stereocenters. The molecule has 4 aliphatic rings. The SMILES string of the molecule is Fc1c(F)c(F)c(-c2c3nc(c(-c4c(F)c(F)c(F)c(F)c4F)c4ccc([nH]4)c(-c4c(F)c(F)c(F)c(F)c4F)c4nc(c(-c5c(F)c(F)c(F)c(F)c5F)c5[nH]c2C2COCC52)C=C4)C=C3)c(F)c1F. The first-order valence-corrected chi connectivity index (χ1v) is 19.7. The van der Waals surface area contributed by atoms with Crippen molar-refractivity contribution >= 4 is 35.3 Å². The number of aromatic nitrogens is 4. The number of nitrogens with zero attached hydrogens (tertiary/aromatic N) is 2. The zero-order chi connectivity index (χ0) is 51.1. The van der Waals surface area contributed by atoms with Crippen molar-refractivity contribution in [2.24, 2.45) is 0 Å². The van der Waals surface area contributed by atoms with Crippen LogP contribution in [0.15, 0.2) is 12.1 Å². The minimum absolute atomic E-state index is 0.627. The van der Waals surface area contributed by atoms with Crippen LogP contribution < -0.4 is 0 Å². The number of fused-ring (bicyclic) bond motifs is 11. The molecule has 6 heterocycles. The van der Waals surface area contributed by atoms with Gasteiger partial charge < -0.3 is 14.7 Å². The first-order chi connectivity index (χ1) is 33.6. The molecule has 2 aromatic heterocycles. The van der Waals surface area contributed by atoms with Crippen molar-refractivity contribution in [3.63, 3.8) is 0 Å². The van der Waals surface area contributed by atoms with Gasteiger partial charge in [0, 0.05) is 56.5 Å². The highest BCUT2D eigenvalue weighted by atomic mass is 19.2. The Kier molecular flexibility index (Phi) is 10.9. The number of ether oxygens (including phenoxy) is 1. The van der Waals surface area contributed by atoms with Gasteiger partial charge >= 0.3 is 0 Å². The van der Waals surface area contributed by atoms with Crippen LogP contribution in [0.2, 0.25) is 0 Å². The number of nitrogens with one attached hydrogen (secondary N) is 2. The number of hydrogen-bond acceptors (Lipinski definition) is 3. The van der Waals surface area contributed by atoms with Crippen LogP contribution in [0.3, 0.4) is 0 Å². The number of halogens is 20. The summed E-state index contributed by atoms with van der Waals surface area (Å²) >= 11 is 0. The van der Waals surface area contributed by atoms with Gasteiger partial charge in [-0.05, 0) is 36.4 Å². The van der Waals surface area contributed by atoms with Gasteiger partial charge in [0.1, 0.15) is 0 Å². The van der Waals surface area contributed by atoms with Gasteiger partial charge in [0.15, 0.2) is 93.1 Å². The van der Waals surface area contributed by atoms with Crippen molar-refractivity contribution in [2.75, 3.05) is 13.2 Å². The highest BCUT2D eigenvalue weighted by Gasteiger charge is 2.44. The summed E-state index contributed by atoms with van der Waals surface area (Å²) in [6.07, 6.45) is 2.53. The normalized spacial score (nSPS) is 15.6. The lowest BCUT2D eigenvalue weighted by Gasteiger charge is -2.16. The Labute approximate surface area is 379 Å². The highest BCUT2D eigenvalue weighted by molar-refractivity contribution is 5.97. The Morgan fingerprint density at radius 3 is 0.789 bits per heavy atom. The number of H-pyrrole nitrogens is 2. The predicted molar refractivity (Wildman–Crippen MR) is 207 cm³/mol. The third-order valence-electron chi connectivity index (χ3n) is 12.0. The van der Waals surface area contributed by atoms with Crippen molar-refractivity contribution in [1.29, 1.82) is 0 Å². The van der Waals surface area contributed by atoms with Crippen LogP contribution in [0.5, 0.6) is 0 Å². The Morgan fingerprint density at radius 1 is 0.296 bits per heavy atom. The zero-order valence-electron chi connectivity index (χ0n) is 33.9. The molecule has 10 rings (SSSR count). The molecule has 0 saturated carbocycles. The second-order valence-electron chi connectivity index (χ2n) is 15.7. The third-order valence-corrected chi connectivity index (χ3v) is 12.0. The Bertz CT molecular complexity index is 3380. The molecule has 8 bridgehead atoms. The molecule has 0 spiro atoms. The fraction of sp³-hybridized carbons (Fsp3) is 0.0870. The van der Waals surface area contributed by atoms with Gasteiger partial charge in [-0.2, -0.15) is 0 Å². The van der Waals surface area contributed by atoms with E-state index in [-0.39, 0.29) is 0 Å². The van der Waals surface area contributed by atoms with Crippen molar-refractivity contribution in [3.8, 4) is 44.5 Å². The number of aromatic amines is 2. The molecule has 71 heavy (non-hydrogen) atoms. The molecule has 1 fully saturated rings. The summed E-state index contributed by atoms with van der Waals surface area (Å²) in [4.78, 5) is 12.8. The lowest BCUT2D eigenvalue weighted by Crippen LogP contribution is -2.10. The molecule has 25 heteroatoms. The monoisotopic (exact) mass is 1020 g/mol.